The summed E-state index contributed by atoms with van der Waals surface area (Å²) in [6.07, 6.45) is 0. The van der Waals surface area contributed by atoms with Gasteiger partial charge in [-0.3, -0.25) is 0 Å². The first kappa shape index (κ1) is 12.5. The van der Waals surface area contributed by atoms with Crippen molar-refractivity contribution in [2.24, 2.45) is 0 Å². The number of rotatable bonds is 3. The molecule has 0 aliphatic carbocycles. The second-order valence-electron chi connectivity index (χ2n) is 3.67. The number of nitrogen functional groups attached to an aromatic ring is 1. The lowest BCUT2D eigenvalue weighted by Gasteiger charge is -2.12. The fourth-order valence-electron chi connectivity index (χ4n) is 1.52. The number of ether oxygens (including phenoxy) is 1. The molecule has 3 N–H and O–H groups in total. The van der Waals surface area contributed by atoms with E-state index in [1.165, 1.54) is 13.2 Å². The lowest BCUT2D eigenvalue weighted by molar-refractivity contribution is 0.414. The number of methoxy groups -OCH3 is 1. The highest BCUT2D eigenvalue weighted by Crippen LogP contribution is 2.31. The van der Waals surface area contributed by atoms with Gasteiger partial charge in [-0.25, -0.2) is 4.39 Å². The normalized spacial score (nSPS) is 10.2. The van der Waals surface area contributed by atoms with Crippen molar-refractivity contribution in [3.63, 3.8) is 0 Å². The topological polar surface area (TPSA) is 47.3 Å². The van der Waals surface area contributed by atoms with Crippen LogP contribution in [0.25, 0.3) is 0 Å². The van der Waals surface area contributed by atoms with Crippen LogP contribution in [0.1, 0.15) is 0 Å². The zero-order chi connectivity index (χ0) is 13.1. The van der Waals surface area contributed by atoms with Gasteiger partial charge in [0.25, 0.3) is 0 Å². The van der Waals surface area contributed by atoms with E-state index in [9.17, 15) is 4.39 Å². The van der Waals surface area contributed by atoms with Crippen LogP contribution < -0.4 is 15.8 Å². The predicted octanol–water partition coefficient (Wildman–Crippen LogP) is 3.81. The molecule has 2 rings (SSSR count). The number of anilines is 3. The van der Waals surface area contributed by atoms with Crippen molar-refractivity contribution >= 4 is 28.7 Å². The average Bonchev–Trinajstić information content (AvgIpc) is 2.37. The van der Waals surface area contributed by atoms with Gasteiger partial charge in [-0.1, -0.05) is 17.7 Å². The van der Waals surface area contributed by atoms with Gasteiger partial charge in [0, 0.05) is 6.07 Å². The maximum Gasteiger partial charge on any atom is 0.146 e. The Morgan fingerprint density at radius 3 is 2.72 bits per heavy atom. The van der Waals surface area contributed by atoms with Gasteiger partial charge in [0.1, 0.15) is 11.6 Å². The fraction of sp³-hybridized carbons (Fsp3) is 0.0769. The third-order valence-electron chi connectivity index (χ3n) is 2.50. The Kier molecular flexibility index (Phi) is 3.58. The van der Waals surface area contributed by atoms with E-state index >= 15 is 0 Å². The van der Waals surface area contributed by atoms with Gasteiger partial charge in [0.05, 0.1) is 29.2 Å². The zero-order valence-corrected chi connectivity index (χ0v) is 10.5. The number of nitrogens with two attached hydrogens (primary N) is 1. The molecule has 0 atom stereocenters. The number of halogens is 2. The molecule has 18 heavy (non-hydrogen) atoms. The highest BCUT2D eigenvalue weighted by atomic mass is 35.5. The molecule has 0 amide bonds. The molecule has 0 radical (unpaired) electrons. The highest BCUT2D eigenvalue weighted by molar-refractivity contribution is 6.33. The second-order valence-corrected chi connectivity index (χ2v) is 4.08. The Bertz CT molecular complexity index is 575. The molecule has 0 aliphatic rings. The number of benzene rings is 2. The number of hydrogen-bond donors (Lipinski definition) is 2. The molecular weight excluding hydrogens is 255 g/mol. The molecule has 2 aromatic carbocycles. The van der Waals surface area contributed by atoms with E-state index in [1.807, 2.05) is 0 Å². The molecule has 0 aliphatic heterocycles. The van der Waals surface area contributed by atoms with Crippen molar-refractivity contribution in [2.75, 3.05) is 18.2 Å². The molecule has 0 saturated heterocycles. The Labute approximate surface area is 109 Å². The van der Waals surface area contributed by atoms with Crippen molar-refractivity contribution in [1.82, 2.24) is 0 Å². The summed E-state index contributed by atoms with van der Waals surface area (Å²) >= 11 is 5.89. The zero-order valence-electron chi connectivity index (χ0n) is 9.71. The standard InChI is InChI=1S/C13H12ClFN2O/c1-18-8-5-6-10(15)12(7-8)17-11-4-2-3-9(14)13(11)16/h2-7,17H,16H2,1H3. The summed E-state index contributed by atoms with van der Waals surface area (Å²) in [5.41, 5.74) is 7.01. The van der Waals surface area contributed by atoms with Crippen molar-refractivity contribution in [2.45, 2.75) is 0 Å². The quantitative estimate of drug-likeness (QED) is 0.831. The first-order valence-electron chi connectivity index (χ1n) is 5.26. The monoisotopic (exact) mass is 266 g/mol. The van der Waals surface area contributed by atoms with Crippen molar-refractivity contribution in [3.8, 4) is 5.75 Å². The van der Waals surface area contributed by atoms with Crippen LogP contribution in [0.4, 0.5) is 21.5 Å². The molecule has 0 heterocycles. The molecule has 0 fully saturated rings. The number of nitrogens with one attached hydrogen (secondary N) is 1. The van der Waals surface area contributed by atoms with Crippen LogP contribution in [0.3, 0.4) is 0 Å². The summed E-state index contributed by atoms with van der Waals surface area (Å²) < 4.78 is 18.7. The maximum atomic E-state index is 13.6. The van der Waals surface area contributed by atoms with E-state index < -0.39 is 5.82 Å². The Morgan fingerprint density at radius 2 is 2.00 bits per heavy atom. The van der Waals surface area contributed by atoms with Crippen LogP contribution in [0, 0.1) is 5.82 Å². The molecule has 0 aromatic heterocycles. The molecular formula is C13H12ClFN2O. The minimum Gasteiger partial charge on any atom is -0.497 e. The van der Waals surface area contributed by atoms with Crippen LogP contribution >= 0.6 is 11.6 Å². The van der Waals surface area contributed by atoms with Crippen LogP contribution in [-0.4, -0.2) is 7.11 Å². The molecule has 0 spiro atoms. The predicted molar refractivity (Wildman–Crippen MR) is 72.1 cm³/mol. The van der Waals surface area contributed by atoms with Crippen molar-refractivity contribution < 1.29 is 9.13 Å². The number of para-hydroxylation sites is 1. The van der Waals surface area contributed by atoms with Crippen molar-refractivity contribution in [3.05, 3.63) is 47.2 Å². The first-order chi connectivity index (χ1) is 8.61. The van der Waals surface area contributed by atoms with Crippen LogP contribution in [0.2, 0.25) is 5.02 Å². The summed E-state index contributed by atoms with van der Waals surface area (Å²) in [5.74, 6) is 0.162. The lowest BCUT2D eigenvalue weighted by Crippen LogP contribution is -1.99. The van der Waals surface area contributed by atoms with Crippen LogP contribution in [0.15, 0.2) is 36.4 Å². The second kappa shape index (κ2) is 5.14. The molecule has 94 valence electrons. The van der Waals surface area contributed by atoms with Gasteiger partial charge in [0.2, 0.25) is 0 Å². The fourth-order valence-corrected chi connectivity index (χ4v) is 1.69. The van der Waals surface area contributed by atoms with Gasteiger partial charge in [-0.05, 0) is 24.3 Å². The van der Waals surface area contributed by atoms with Gasteiger partial charge in [0.15, 0.2) is 0 Å². The van der Waals surface area contributed by atoms with Crippen LogP contribution in [-0.2, 0) is 0 Å². The Balaban J connectivity index is 2.36. The SMILES string of the molecule is COc1ccc(F)c(Nc2cccc(Cl)c2N)c1. The minimum absolute atomic E-state index is 0.281. The third kappa shape index (κ3) is 2.49. The highest BCUT2D eigenvalue weighted by Gasteiger charge is 2.07. The summed E-state index contributed by atoms with van der Waals surface area (Å²) in [4.78, 5) is 0. The molecule has 2 aromatic rings. The summed E-state index contributed by atoms with van der Waals surface area (Å²) in [6, 6.07) is 9.54. The van der Waals surface area contributed by atoms with E-state index in [4.69, 9.17) is 22.1 Å². The third-order valence-corrected chi connectivity index (χ3v) is 2.83. The van der Waals surface area contributed by atoms with E-state index in [0.717, 1.165) is 0 Å². The molecule has 0 bridgehead atoms. The van der Waals surface area contributed by atoms with Crippen LogP contribution in [0.5, 0.6) is 5.75 Å². The summed E-state index contributed by atoms with van der Waals surface area (Å²) in [6.45, 7) is 0. The van der Waals surface area contributed by atoms with Gasteiger partial charge < -0.3 is 15.8 Å². The molecule has 5 heteroatoms. The van der Waals surface area contributed by atoms with Crippen molar-refractivity contribution in [1.29, 1.82) is 0 Å². The van der Waals surface area contributed by atoms with Gasteiger partial charge in [-0.2, -0.15) is 0 Å². The smallest absolute Gasteiger partial charge is 0.146 e. The largest absolute Gasteiger partial charge is 0.497 e. The Hall–Kier alpha value is -1.94. The lowest BCUT2D eigenvalue weighted by atomic mass is 10.2. The summed E-state index contributed by atoms with van der Waals surface area (Å²) in [7, 11) is 1.52. The van der Waals surface area contributed by atoms with Gasteiger partial charge >= 0.3 is 0 Å². The summed E-state index contributed by atoms with van der Waals surface area (Å²) in [5, 5.41) is 3.31. The van der Waals surface area contributed by atoms with E-state index in [1.54, 1.807) is 30.3 Å². The molecule has 0 unspecified atom stereocenters. The van der Waals surface area contributed by atoms with E-state index in [2.05, 4.69) is 5.32 Å². The molecule has 3 nitrogen and oxygen atoms in total. The van der Waals surface area contributed by atoms with E-state index in [-0.39, 0.29) is 5.69 Å². The first-order valence-corrected chi connectivity index (χ1v) is 5.64. The average molecular weight is 267 g/mol. The van der Waals surface area contributed by atoms with E-state index in [0.29, 0.717) is 22.1 Å². The van der Waals surface area contributed by atoms with Gasteiger partial charge in [-0.15, -0.1) is 0 Å². The Morgan fingerprint density at radius 1 is 1.22 bits per heavy atom. The molecule has 0 saturated carbocycles. The maximum absolute atomic E-state index is 13.6. The minimum atomic E-state index is -0.393. The number of hydrogen-bond acceptors (Lipinski definition) is 3.